The zero-order valence-corrected chi connectivity index (χ0v) is 13.4. The van der Waals surface area contributed by atoms with Crippen LogP contribution in [0.4, 0.5) is 0 Å². The summed E-state index contributed by atoms with van der Waals surface area (Å²) in [5.74, 6) is 1.08. The largest absolute Gasteiger partial charge is 0.342 e. The molecule has 2 fully saturated rings. The van der Waals surface area contributed by atoms with Crippen LogP contribution in [0.3, 0.4) is 0 Å². The standard InChI is InChI=1S/C16H31N3O/c1-4-19(11-7-10-18(2)3)16(20)15-12-13-8-5-6-9-14(13)17-15/h13-15,17H,4-12H2,1-3H3. The SMILES string of the molecule is CCN(CCCN(C)C)C(=O)C1CC2CCCCC2N1. The minimum absolute atomic E-state index is 0.0856. The maximum atomic E-state index is 12.6. The molecule has 4 nitrogen and oxygen atoms in total. The second-order valence-electron chi connectivity index (χ2n) is 6.68. The molecule has 1 heterocycles. The zero-order chi connectivity index (χ0) is 14.5. The molecule has 1 saturated carbocycles. The van der Waals surface area contributed by atoms with E-state index in [-0.39, 0.29) is 6.04 Å². The van der Waals surface area contributed by atoms with E-state index in [0.29, 0.717) is 11.9 Å². The van der Waals surface area contributed by atoms with Crippen molar-refractivity contribution in [1.29, 1.82) is 0 Å². The Bertz CT molecular complexity index is 305. The third-order valence-corrected chi connectivity index (χ3v) is 4.89. The molecule has 3 atom stereocenters. The van der Waals surface area contributed by atoms with Gasteiger partial charge in [0.2, 0.25) is 5.91 Å². The van der Waals surface area contributed by atoms with Gasteiger partial charge in [0, 0.05) is 19.1 Å². The van der Waals surface area contributed by atoms with Crippen molar-refractivity contribution >= 4 is 5.91 Å². The zero-order valence-electron chi connectivity index (χ0n) is 13.4. The van der Waals surface area contributed by atoms with Crippen LogP contribution < -0.4 is 5.32 Å². The highest BCUT2D eigenvalue weighted by Crippen LogP contribution is 2.33. The Morgan fingerprint density at radius 2 is 1.95 bits per heavy atom. The lowest BCUT2D eigenvalue weighted by Crippen LogP contribution is -2.46. The quantitative estimate of drug-likeness (QED) is 0.805. The van der Waals surface area contributed by atoms with Crippen LogP contribution in [-0.4, -0.2) is 61.5 Å². The number of amides is 1. The van der Waals surface area contributed by atoms with E-state index in [2.05, 4.69) is 31.2 Å². The summed E-state index contributed by atoms with van der Waals surface area (Å²) in [6, 6.07) is 0.695. The Labute approximate surface area is 123 Å². The Morgan fingerprint density at radius 1 is 1.20 bits per heavy atom. The lowest BCUT2D eigenvalue weighted by atomic mass is 9.85. The fourth-order valence-corrected chi connectivity index (χ4v) is 3.73. The first-order valence-corrected chi connectivity index (χ1v) is 8.31. The molecule has 2 aliphatic rings. The van der Waals surface area contributed by atoms with E-state index < -0.39 is 0 Å². The van der Waals surface area contributed by atoms with Crippen LogP contribution in [0.2, 0.25) is 0 Å². The van der Waals surface area contributed by atoms with E-state index in [1.807, 2.05) is 4.90 Å². The predicted molar refractivity (Wildman–Crippen MR) is 82.7 cm³/mol. The fourth-order valence-electron chi connectivity index (χ4n) is 3.73. The van der Waals surface area contributed by atoms with Gasteiger partial charge in [0.15, 0.2) is 0 Å². The molecule has 0 aromatic carbocycles. The minimum atomic E-state index is 0.0856. The predicted octanol–water partition coefficient (Wildman–Crippen LogP) is 1.71. The Balaban J connectivity index is 1.82. The van der Waals surface area contributed by atoms with Crippen LogP contribution >= 0.6 is 0 Å². The first-order valence-electron chi connectivity index (χ1n) is 8.31. The molecular weight excluding hydrogens is 250 g/mol. The van der Waals surface area contributed by atoms with Gasteiger partial charge in [-0.1, -0.05) is 12.8 Å². The number of carbonyl (C=O) groups is 1. The summed E-state index contributed by atoms with van der Waals surface area (Å²) in [7, 11) is 4.17. The molecular formula is C16H31N3O. The van der Waals surface area contributed by atoms with E-state index in [9.17, 15) is 4.79 Å². The minimum Gasteiger partial charge on any atom is -0.342 e. The average Bonchev–Trinajstić information content (AvgIpc) is 2.86. The van der Waals surface area contributed by atoms with Crippen LogP contribution in [0.15, 0.2) is 0 Å². The van der Waals surface area contributed by atoms with Crippen molar-refractivity contribution in [1.82, 2.24) is 15.1 Å². The molecule has 3 unspecified atom stereocenters. The second kappa shape index (κ2) is 7.41. The normalized spacial score (nSPS) is 29.5. The lowest BCUT2D eigenvalue weighted by Gasteiger charge is -2.25. The van der Waals surface area contributed by atoms with Crippen LogP contribution in [0, 0.1) is 5.92 Å². The van der Waals surface area contributed by atoms with Crippen LogP contribution in [0.5, 0.6) is 0 Å². The third kappa shape index (κ3) is 3.95. The molecule has 1 aliphatic carbocycles. The van der Waals surface area contributed by atoms with Gasteiger partial charge in [-0.2, -0.15) is 0 Å². The van der Waals surface area contributed by atoms with E-state index in [4.69, 9.17) is 0 Å². The van der Waals surface area contributed by atoms with Crippen molar-refractivity contribution in [3.05, 3.63) is 0 Å². The molecule has 116 valence electrons. The number of rotatable bonds is 6. The van der Waals surface area contributed by atoms with E-state index >= 15 is 0 Å². The van der Waals surface area contributed by atoms with Gasteiger partial charge in [-0.25, -0.2) is 0 Å². The van der Waals surface area contributed by atoms with E-state index in [1.54, 1.807) is 0 Å². The van der Waals surface area contributed by atoms with E-state index in [0.717, 1.165) is 38.4 Å². The number of nitrogens with zero attached hydrogens (tertiary/aromatic N) is 2. The summed E-state index contributed by atoms with van der Waals surface area (Å²) in [6.07, 6.45) is 7.38. The third-order valence-electron chi connectivity index (χ3n) is 4.89. The Kier molecular flexibility index (Phi) is 5.85. The second-order valence-corrected chi connectivity index (χ2v) is 6.68. The fraction of sp³-hybridized carbons (Fsp3) is 0.938. The molecule has 1 N–H and O–H groups in total. The smallest absolute Gasteiger partial charge is 0.239 e. The van der Waals surface area contributed by atoms with Crippen molar-refractivity contribution < 1.29 is 4.79 Å². The van der Waals surface area contributed by atoms with E-state index in [1.165, 1.54) is 25.7 Å². The van der Waals surface area contributed by atoms with Gasteiger partial charge < -0.3 is 15.1 Å². The maximum absolute atomic E-state index is 12.6. The average molecular weight is 281 g/mol. The summed E-state index contributed by atoms with van der Waals surface area (Å²) in [4.78, 5) is 16.9. The van der Waals surface area contributed by atoms with Crippen molar-refractivity contribution in [2.75, 3.05) is 33.7 Å². The molecule has 1 amide bonds. The Hall–Kier alpha value is -0.610. The van der Waals surface area contributed by atoms with Crippen molar-refractivity contribution in [2.24, 2.45) is 5.92 Å². The van der Waals surface area contributed by atoms with Gasteiger partial charge in [0.05, 0.1) is 6.04 Å². The summed E-state index contributed by atoms with van der Waals surface area (Å²) >= 11 is 0. The lowest BCUT2D eigenvalue weighted by molar-refractivity contribution is -0.133. The number of nitrogens with one attached hydrogen (secondary N) is 1. The molecule has 4 heteroatoms. The molecule has 0 spiro atoms. The molecule has 0 bridgehead atoms. The van der Waals surface area contributed by atoms with Crippen molar-refractivity contribution in [3.63, 3.8) is 0 Å². The summed E-state index contributed by atoms with van der Waals surface area (Å²) in [5, 5.41) is 3.61. The monoisotopic (exact) mass is 281 g/mol. The van der Waals surface area contributed by atoms with Gasteiger partial charge >= 0.3 is 0 Å². The number of fused-ring (bicyclic) bond motifs is 1. The van der Waals surface area contributed by atoms with Gasteiger partial charge in [-0.15, -0.1) is 0 Å². The molecule has 0 aromatic rings. The summed E-state index contributed by atoms with van der Waals surface area (Å²) in [5.41, 5.74) is 0. The topological polar surface area (TPSA) is 35.6 Å². The van der Waals surface area contributed by atoms with Crippen molar-refractivity contribution in [3.8, 4) is 0 Å². The van der Waals surface area contributed by atoms with Gasteiger partial charge in [-0.3, -0.25) is 4.79 Å². The summed E-state index contributed by atoms with van der Waals surface area (Å²) in [6.45, 7) is 4.86. The number of hydrogen-bond acceptors (Lipinski definition) is 3. The highest BCUT2D eigenvalue weighted by molar-refractivity contribution is 5.82. The number of likely N-dealkylation sites (N-methyl/N-ethyl adjacent to an activating group) is 1. The molecule has 1 aliphatic heterocycles. The van der Waals surface area contributed by atoms with Crippen LogP contribution in [0.25, 0.3) is 0 Å². The first-order chi connectivity index (χ1) is 9.61. The number of hydrogen-bond donors (Lipinski definition) is 1. The highest BCUT2D eigenvalue weighted by atomic mass is 16.2. The Morgan fingerprint density at radius 3 is 2.60 bits per heavy atom. The molecule has 2 rings (SSSR count). The highest BCUT2D eigenvalue weighted by Gasteiger charge is 2.39. The molecule has 0 aromatic heterocycles. The van der Waals surface area contributed by atoms with Crippen LogP contribution in [0.1, 0.15) is 45.4 Å². The number of carbonyl (C=O) groups excluding carboxylic acids is 1. The molecule has 20 heavy (non-hydrogen) atoms. The van der Waals surface area contributed by atoms with Gasteiger partial charge in [0.1, 0.15) is 0 Å². The summed E-state index contributed by atoms with van der Waals surface area (Å²) < 4.78 is 0. The van der Waals surface area contributed by atoms with Crippen molar-refractivity contribution in [2.45, 2.75) is 57.5 Å². The molecule has 1 saturated heterocycles. The van der Waals surface area contributed by atoms with Gasteiger partial charge in [0.25, 0.3) is 0 Å². The van der Waals surface area contributed by atoms with Crippen LogP contribution in [-0.2, 0) is 4.79 Å². The van der Waals surface area contributed by atoms with Gasteiger partial charge in [-0.05, 0) is 59.2 Å². The first kappa shape index (κ1) is 15.8. The maximum Gasteiger partial charge on any atom is 0.239 e. The molecule has 0 radical (unpaired) electrons.